The second kappa shape index (κ2) is 7.04. The van der Waals surface area contributed by atoms with E-state index in [1.165, 1.54) is 0 Å². The van der Waals surface area contributed by atoms with E-state index in [1.807, 2.05) is 24.1 Å². The van der Waals surface area contributed by atoms with Crippen molar-refractivity contribution >= 4 is 18.1 Å². The predicted molar refractivity (Wildman–Crippen MR) is 76.9 cm³/mol. The smallest absolute Gasteiger partial charge is 0.256 e. The lowest BCUT2D eigenvalue weighted by atomic mass is 10.3. The molecule has 2 rings (SSSR count). The van der Waals surface area contributed by atoms with Crippen LogP contribution in [-0.4, -0.2) is 26.7 Å². The van der Waals surface area contributed by atoms with Gasteiger partial charge >= 0.3 is 0 Å². The molecule has 0 atom stereocenters. The molecule has 0 saturated carbocycles. The molecule has 1 N–H and O–H groups in total. The molecule has 7 heteroatoms. The average molecular weight is 286 g/mol. The van der Waals surface area contributed by atoms with Crippen LogP contribution in [0.2, 0.25) is 0 Å². The second-order valence-corrected chi connectivity index (χ2v) is 4.19. The van der Waals surface area contributed by atoms with E-state index in [4.69, 9.17) is 4.74 Å². The fourth-order valence-electron chi connectivity index (χ4n) is 1.79. The molecule has 0 aliphatic carbocycles. The number of aryl methyl sites for hydroxylation is 2. The Morgan fingerprint density at radius 2 is 2.16 bits per heavy atom. The molecule has 0 radical (unpaired) electrons. The van der Waals surface area contributed by atoms with E-state index in [0.717, 1.165) is 24.2 Å². The van der Waals surface area contributed by atoms with Gasteiger partial charge in [-0.25, -0.2) is 0 Å². The Morgan fingerprint density at radius 1 is 1.37 bits per heavy atom. The summed E-state index contributed by atoms with van der Waals surface area (Å²) >= 11 is 0. The van der Waals surface area contributed by atoms with Gasteiger partial charge in [-0.2, -0.15) is 5.10 Å². The maximum absolute atomic E-state index is 5.18. The molecule has 2 aromatic heterocycles. The molecule has 0 saturated heterocycles. The van der Waals surface area contributed by atoms with Gasteiger partial charge in [0, 0.05) is 31.9 Å². The van der Waals surface area contributed by atoms with Gasteiger partial charge in [-0.1, -0.05) is 6.92 Å². The van der Waals surface area contributed by atoms with E-state index in [9.17, 15) is 0 Å². The first-order valence-electron chi connectivity index (χ1n) is 6.05. The quantitative estimate of drug-likeness (QED) is 0.883. The van der Waals surface area contributed by atoms with Gasteiger partial charge in [0.15, 0.2) is 0 Å². The molecule has 6 nitrogen and oxygen atoms in total. The van der Waals surface area contributed by atoms with Crippen LogP contribution in [0.3, 0.4) is 0 Å². The molecule has 19 heavy (non-hydrogen) atoms. The standard InChI is InChI=1S/C12H19N5O.ClH/c1-4-5-17-8-10(7-14-17)6-13-11-9-16(2)15-12(11)18-3;/h7-9,13H,4-6H2,1-3H3;1H. The molecule has 0 amide bonds. The SMILES string of the molecule is CCCn1cc(CNc2cn(C)nc2OC)cn1.Cl. The molecular formula is C12H20ClN5O. The number of ether oxygens (including phenoxy) is 1. The first-order valence-corrected chi connectivity index (χ1v) is 6.05. The molecule has 0 spiro atoms. The number of halogens is 1. The lowest BCUT2D eigenvalue weighted by molar-refractivity contribution is 0.393. The highest BCUT2D eigenvalue weighted by Gasteiger charge is 2.07. The van der Waals surface area contributed by atoms with Crippen LogP contribution in [0.25, 0.3) is 0 Å². The summed E-state index contributed by atoms with van der Waals surface area (Å²) in [6, 6.07) is 0. The minimum absolute atomic E-state index is 0. The lowest BCUT2D eigenvalue weighted by Gasteiger charge is -2.03. The van der Waals surface area contributed by atoms with Gasteiger partial charge in [-0.3, -0.25) is 9.36 Å². The average Bonchev–Trinajstić information content (AvgIpc) is 2.93. The number of nitrogens with zero attached hydrogens (tertiary/aromatic N) is 4. The topological polar surface area (TPSA) is 56.9 Å². The number of rotatable bonds is 6. The molecule has 106 valence electrons. The van der Waals surface area contributed by atoms with Crippen molar-refractivity contribution in [2.45, 2.75) is 26.4 Å². The molecule has 0 unspecified atom stereocenters. The summed E-state index contributed by atoms with van der Waals surface area (Å²) in [4.78, 5) is 0. The monoisotopic (exact) mass is 285 g/mol. The maximum Gasteiger partial charge on any atom is 0.256 e. The first kappa shape index (κ1) is 15.4. The van der Waals surface area contributed by atoms with Gasteiger partial charge in [-0.05, 0) is 6.42 Å². The highest BCUT2D eigenvalue weighted by atomic mass is 35.5. The van der Waals surface area contributed by atoms with Crippen LogP contribution < -0.4 is 10.1 Å². The Bertz CT molecular complexity index is 508. The number of aromatic nitrogens is 4. The fourth-order valence-corrected chi connectivity index (χ4v) is 1.79. The van der Waals surface area contributed by atoms with Crippen LogP contribution in [0.1, 0.15) is 18.9 Å². The Balaban J connectivity index is 0.00000180. The number of anilines is 1. The number of nitrogens with one attached hydrogen (secondary N) is 1. The van der Waals surface area contributed by atoms with Gasteiger partial charge in [0.1, 0.15) is 5.69 Å². The molecule has 0 fully saturated rings. The molecule has 2 heterocycles. The Morgan fingerprint density at radius 3 is 2.84 bits per heavy atom. The molecule has 0 aliphatic rings. The van der Waals surface area contributed by atoms with E-state index < -0.39 is 0 Å². The summed E-state index contributed by atoms with van der Waals surface area (Å²) in [5, 5.41) is 11.8. The van der Waals surface area contributed by atoms with Crippen LogP contribution in [0.4, 0.5) is 5.69 Å². The zero-order valence-electron chi connectivity index (χ0n) is 11.5. The maximum atomic E-state index is 5.18. The summed E-state index contributed by atoms with van der Waals surface area (Å²) in [5.41, 5.74) is 2.04. The first-order chi connectivity index (χ1) is 8.72. The fraction of sp³-hybridized carbons (Fsp3) is 0.500. The van der Waals surface area contributed by atoms with E-state index in [2.05, 4.69) is 28.6 Å². The van der Waals surface area contributed by atoms with Crippen LogP contribution in [0.15, 0.2) is 18.6 Å². The van der Waals surface area contributed by atoms with Gasteiger partial charge in [-0.15, -0.1) is 17.5 Å². The number of hydrogen-bond acceptors (Lipinski definition) is 4. The summed E-state index contributed by atoms with van der Waals surface area (Å²) in [7, 11) is 3.49. The van der Waals surface area contributed by atoms with Crippen molar-refractivity contribution in [1.82, 2.24) is 19.6 Å². The molecule has 0 aromatic carbocycles. The Kier molecular flexibility index (Phi) is 5.69. The third-order valence-electron chi connectivity index (χ3n) is 2.61. The van der Waals surface area contributed by atoms with Crippen LogP contribution in [-0.2, 0) is 20.1 Å². The molecule has 0 bridgehead atoms. The summed E-state index contributed by atoms with van der Waals surface area (Å²) in [6.07, 6.45) is 6.92. The van der Waals surface area contributed by atoms with E-state index >= 15 is 0 Å². The van der Waals surface area contributed by atoms with Crippen molar-refractivity contribution in [1.29, 1.82) is 0 Å². The highest BCUT2D eigenvalue weighted by molar-refractivity contribution is 5.85. The number of hydrogen-bond donors (Lipinski definition) is 1. The van der Waals surface area contributed by atoms with Gasteiger partial charge in [0.05, 0.1) is 19.5 Å². The molecule has 2 aromatic rings. The van der Waals surface area contributed by atoms with E-state index in [1.54, 1.807) is 11.8 Å². The Hall–Kier alpha value is -1.69. The van der Waals surface area contributed by atoms with Crippen LogP contribution in [0.5, 0.6) is 5.88 Å². The van der Waals surface area contributed by atoms with Gasteiger partial charge in [0.2, 0.25) is 0 Å². The third-order valence-corrected chi connectivity index (χ3v) is 2.61. The molecule has 0 aliphatic heterocycles. The van der Waals surface area contributed by atoms with Crippen molar-refractivity contribution in [3.05, 3.63) is 24.2 Å². The van der Waals surface area contributed by atoms with Crippen LogP contribution >= 0.6 is 12.4 Å². The van der Waals surface area contributed by atoms with Crippen molar-refractivity contribution < 1.29 is 4.74 Å². The van der Waals surface area contributed by atoms with E-state index in [-0.39, 0.29) is 12.4 Å². The zero-order chi connectivity index (χ0) is 13.0. The third kappa shape index (κ3) is 3.89. The zero-order valence-corrected chi connectivity index (χ0v) is 12.3. The van der Waals surface area contributed by atoms with E-state index in [0.29, 0.717) is 12.4 Å². The summed E-state index contributed by atoms with van der Waals surface area (Å²) in [5.74, 6) is 0.610. The van der Waals surface area contributed by atoms with Crippen LogP contribution in [0, 0.1) is 0 Å². The van der Waals surface area contributed by atoms with Crippen molar-refractivity contribution in [3.8, 4) is 5.88 Å². The number of methoxy groups -OCH3 is 1. The predicted octanol–water partition coefficient (Wildman–Crippen LogP) is 2.07. The Labute approximate surface area is 119 Å². The van der Waals surface area contributed by atoms with Crippen molar-refractivity contribution in [2.24, 2.45) is 7.05 Å². The minimum atomic E-state index is 0. The largest absolute Gasteiger partial charge is 0.478 e. The highest BCUT2D eigenvalue weighted by Crippen LogP contribution is 2.21. The summed E-state index contributed by atoms with van der Waals surface area (Å²) < 4.78 is 8.86. The normalized spacial score (nSPS) is 10.1. The van der Waals surface area contributed by atoms with Gasteiger partial charge < -0.3 is 10.1 Å². The molecular weight excluding hydrogens is 266 g/mol. The van der Waals surface area contributed by atoms with Crippen molar-refractivity contribution in [3.63, 3.8) is 0 Å². The lowest BCUT2D eigenvalue weighted by Crippen LogP contribution is -2.00. The van der Waals surface area contributed by atoms with Gasteiger partial charge in [0.25, 0.3) is 5.88 Å². The second-order valence-electron chi connectivity index (χ2n) is 4.19. The minimum Gasteiger partial charge on any atom is -0.478 e. The van der Waals surface area contributed by atoms with Crippen molar-refractivity contribution in [2.75, 3.05) is 12.4 Å². The summed E-state index contributed by atoms with van der Waals surface area (Å²) in [6.45, 7) is 3.81.